The highest BCUT2D eigenvalue weighted by molar-refractivity contribution is 6.03. The summed E-state index contributed by atoms with van der Waals surface area (Å²) in [6.07, 6.45) is 0.965. The summed E-state index contributed by atoms with van der Waals surface area (Å²) >= 11 is 0. The Kier molecular flexibility index (Phi) is 5.50. The second kappa shape index (κ2) is 7.99. The third-order valence-corrected chi connectivity index (χ3v) is 4.42. The molecule has 0 spiro atoms. The minimum Gasteiger partial charge on any atom is -0.324 e. The highest BCUT2D eigenvalue weighted by Gasteiger charge is 2.12. The van der Waals surface area contributed by atoms with Crippen LogP contribution < -0.4 is 10.6 Å². The number of para-hydroxylation sites is 1. The number of nitrogens with one attached hydrogen (secondary N) is 2. The summed E-state index contributed by atoms with van der Waals surface area (Å²) < 4.78 is 0. The maximum atomic E-state index is 12.6. The number of amides is 1. The second-order valence-electron chi connectivity index (χ2n) is 6.61. The molecule has 0 unspecified atom stereocenters. The van der Waals surface area contributed by atoms with Crippen LogP contribution in [0.2, 0.25) is 0 Å². The summed E-state index contributed by atoms with van der Waals surface area (Å²) in [7, 11) is 0. The van der Waals surface area contributed by atoms with Crippen LogP contribution in [0.5, 0.6) is 0 Å². The van der Waals surface area contributed by atoms with Gasteiger partial charge in [-0.15, -0.1) is 0 Å². The Bertz CT molecular complexity index is 944. The summed E-state index contributed by atoms with van der Waals surface area (Å²) in [5, 5.41) is 6.15. The van der Waals surface area contributed by atoms with Crippen molar-refractivity contribution in [3.63, 3.8) is 0 Å². The van der Waals surface area contributed by atoms with E-state index in [0.717, 1.165) is 34.6 Å². The van der Waals surface area contributed by atoms with Crippen LogP contribution in [0, 0.1) is 20.8 Å². The molecular weight excluding hydrogens is 336 g/mol. The number of nitrogens with zero attached hydrogens (tertiary/aromatic N) is 2. The highest BCUT2D eigenvalue weighted by Crippen LogP contribution is 2.23. The number of aryl methyl sites for hydroxylation is 4. The molecule has 0 atom stereocenters. The van der Waals surface area contributed by atoms with Gasteiger partial charge in [0.25, 0.3) is 5.91 Å². The van der Waals surface area contributed by atoms with E-state index in [1.54, 1.807) is 6.07 Å². The smallest absolute Gasteiger partial charge is 0.274 e. The predicted molar refractivity (Wildman–Crippen MR) is 110 cm³/mol. The van der Waals surface area contributed by atoms with Gasteiger partial charge in [-0.2, -0.15) is 0 Å². The number of carbonyl (C=O) groups excluding carboxylic acids is 1. The molecule has 2 aromatic carbocycles. The van der Waals surface area contributed by atoms with Crippen LogP contribution in [-0.2, 0) is 6.42 Å². The van der Waals surface area contributed by atoms with Gasteiger partial charge < -0.3 is 10.6 Å². The van der Waals surface area contributed by atoms with Crippen LogP contribution in [0.25, 0.3) is 0 Å². The molecule has 27 heavy (non-hydrogen) atoms. The fourth-order valence-corrected chi connectivity index (χ4v) is 2.88. The van der Waals surface area contributed by atoms with E-state index < -0.39 is 0 Å². The summed E-state index contributed by atoms with van der Waals surface area (Å²) in [5.41, 5.74) is 6.19. The van der Waals surface area contributed by atoms with Crippen molar-refractivity contribution in [2.75, 3.05) is 10.6 Å². The normalized spacial score (nSPS) is 10.5. The van der Waals surface area contributed by atoms with E-state index in [-0.39, 0.29) is 5.91 Å². The Morgan fingerprint density at radius 2 is 1.63 bits per heavy atom. The number of carbonyl (C=O) groups is 1. The Morgan fingerprint density at radius 1 is 0.963 bits per heavy atom. The quantitative estimate of drug-likeness (QED) is 0.675. The summed E-state index contributed by atoms with van der Waals surface area (Å²) in [6, 6.07) is 15.6. The fourth-order valence-electron chi connectivity index (χ4n) is 2.88. The van der Waals surface area contributed by atoms with Gasteiger partial charge in [-0.3, -0.25) is 4.79 Å². The van der Waals surface area contributed by atoms with E-state index in [2.05, 4.69) is 27.5 Å². The molecule has 0 bridgehead atoms. The van der Waals surface area contributed by atoms with E-state index in [0.29, 0.717) is 11.6 Å². The minimum absolute atomic E-state index is 0.255. The molecule has 3 aromatic rings. The van der Waals surface area contributed by atoms with E-state index in [9.17, 15) is 4.79 Å². The molecule has 0 saturated carbocycles. The monoisotopic (exact) mass is 360 g/mol. The van der Waals surface area contributed by atoms with Crippen molar-refractivity contribution in [1.29, 1.82) is 0 Å². The molecule has 5 heteroatoms. The van der Waals surface area contributed by atoms with Crippen molar-refractivity contribution in [1.82, 2.24) is 9.97 Å². The van der Waals surface area contributed by atoms with Crippen molar-refractivity contribution in [2.45, 2.75) is 34.1 Å². The third kappa shape index (κ3) is 4.50. The molecule has 0 fully saturated rings. The lowest BCUT2D eigenvalue weighted by atomic mass is 10.1. The van der Waals surface area contributed by atoms with Gasteiger partial charge in [-0.1, -0.05) is 37.3 Å². The first-order valence-corrected chi connectivity index (χ1v) is 9.05. The SMILES string of the molecule is CCc1ccc(NC(=O)c2cc(C)nc(Nc3c(C)cccc3C)n2)cc1. The van der Waals surface area contributed by atoms with Crippen LogP contribution in [-0.4, -0.2) is 15.9 Å². The van der Waals surface area contributed by atoms with Gasteiger partial charge in [0.1, 0.15) is 5.69 Å². The minimum atomic E-state index is -0.255. The molecule has 1 amide bonds. The molecule has 0 aliphatic heterocycles. The molecular formula is C22H24N4O. The third-order valence-electron chi connectivity index (χ3n) is 4.42. The lowest BCUT2D eigenvalue weighted by molar-refractivity contribution is 0.102. The van der Waals surface area contributed by atoms with Gasteiger partial charge in [0.15, 0.2) is 0 Å². The highest BCUT2D eigenvalue weighted by atomic mass is 16.1. The maximum Gasteiger partial charge on any atom is 0.274 e. The van der Waals surface area contributed by atoms with E-state index in [4.69, 9.17) is 0 Å². The van der Waals surface area contributed by atoms with Gasteiger partial charge in [-0.25, -0.2) is 9.97 Å². The van der Waals surface area contributed by atoms with Gasteiger partial charge in [-0.05, 0) is 62.1 Å². The number of rotatable bonds is 5. The van der Waals surface area contributed by atoms with Crippen LogP contribution in [0.3, 0.4) is 0 Å². The molecule has 2 N–H and O–H groups in total. The van der Waals surface area contributed by atoms with Crippen molar-refractivity contribution in [3.8, 4) is 0 Å². The Hall–Kier alpha value is -3.21. The lowest BCUT2D eigenvalue weighted by Crippen LogP contribution is -2.15. The molecule has 1 heterocycles. The molecule has 3 rings (SSSR count). The van der Waals surface area contributed by atoms with Gasteiger partial charge in [0.05, 0.1) is 0 Å². The number of hydrogen-bond donors (Lipinski definition) is 2. The van der Waals surface area contributed by atoms with Gasteiger partial charge in [0.2, 0.25) is 5.95 Å². The van der Waals surface area contributed by atoms with Crippen molar-refractivity contribution in [3.05, 3.63) is 76.6 Å². The first-order chi connectivity index (χ1) is 13.0. The first-order valence-electron chi connectivity index (χ1n) is 9.05. The van der Waals surface area contributed by atoms with Gasteiger partial charge >= 0.3 is 0 Å². The van der Waals surface area contributed by atoms with Crippen molar-refractivity contribution in [2.24, 2.45) is 0 Å². The molecule has 0 radical (unpaired) electrons. The first kappa shape index (κ1) is 18.6. The van der Waals surface area contributed by atoms with Crippen LogP contribution in [0.4, 0.5) is 17.3 Å². The molecule has 0 aliphatic carbocycles. The van der Waals surface area contributed by atoms with Crippen LogP contribution in [0.15, 0.2) is 48.5 Å². The summed E-state index contributed by atoms with van der Waals surface area (Å²) in [5.74, 6) is 0.160. The Morgan fingerprint density at radius 3 is 2.26 bits per heavy atom. The number of anilines is 3. The number of aromatic nitrogens is 2. The average molecular weight is 360 g/mol. The molecule has 5 nitrogen and oxygen atoms in total. The Labute approximate surface area is 159 Å². The zero-order chi connectivity index (χ0) is 19.4. The molecule has 0 saturated heterocycles. The standard InChI is InChI=1S/C22H24N4O/c1-5-17-9-11-18(12-10-17)24-21(27)19-13-16(4)23-22(25-19)26-20-14(2)7-6-8-15(20)3/h6-13H,5H2,1-4H3,(H,24,27)(H,23,25,26). The maximum absolute atomic E-state index is 12.6. The second-order valence-corrected chi connectivity index (χ2v) is 6.61. The van der Waals surface area contributed by atoms with Gasteiger partial charge in [0, 0.05) is 17.1 Å². The summed E-state index contributed by atoms with van der Waals surface area (Å²) in [6.45, 7) is 8.00. The van der Waals surface area contributed by atoms with Crippen LogP contribution >= 0.6 is 0 Å². The largest absolute Gasteiger partial charge is 0.324 e. The topological polar surface area (TPSA) is 66.9 Å². The van der Waals surface area contributed by atoms with Crippen LogP contribution in [0.1, 0.15) is 39.8 Å². The zero-order valence-electron chi connectivity index (χ0n) is 16.1. The zero-order valence-corrected chi connectivity index (χ0v) is 16.1. The van der Waals surface area contributed by atoms with E-state index >= 15 is 0 Å². The number of benzene rings is 2. The number of hydrogen-bond acceptors (Lipinski definition) is 4. The van der Waals surface area contributed by atoms with E-state index in [1.165, 1.54) is 5.56 Å². The summed E-state index contributed by atoms with van der Waals surface area (Å²) in [4.78, 5) is 21.5. The fraction of sp³-hybridized carbons (Fsp3) is 0.227. The van der Waals surface area contributed by atoms with E-state index in [1.807, 2.05) is 63.2 Å². The molecule has 0 aliphatic rings. The predicted octanol–water partition coefficient (Wildman–Crippen LogP) is 4.96. The van der Waals surface area contributed by atoms with Crippen molar-refractivity contribution >= 4 is 23.2 Å². The van der Waals surface area contributed by atoms with Crippen molar-refractivity contribution < 1.29 is 4.79 Å². The molecule has 1 aromatic heterocycles. The average Bonchev–Trinajstić information content (AvgIpc) is 2.65. The Balaban J connectivity index is 1.82. The molecule has 138 valence electrons. The lowest BCUT2D eigenvalue weighted by Gasteiger charge is -2.13.